The van der Waals surface area contributed by atoms with Crippen molar-refractivity contribution >= 4 is 45.3 Å². The van der Waals surface area contributed by atoms with Gasteiger partial charge < -0.3 is 15.4 Å². The fourth-order valence-electron chi connectivity index (χ4n) is 3.29. The Morgan fingerprint density at radius 2 is 1.92 bits per heavy atom. The quantitative estimate of drug-likeness (QED) is 0.428. The zero-order valence-corrected chi connectivity index (χ0v) is 17.0. The molecule has 1 aliphatic carbocycles. The number of ether oxygens (including phenoxy) is 1. The van der Waals surface area contributed by atoms with Crippen LogP contribution in [0.4, 0.5) is 10.7 Å². The number of nitrogens with one attached hydrogen (secondary N) is 2. The lowest BCUT2D eigenvalue weighted by Gasteiger charge is -2.14. The fraction of sp³-hybridized carbons (Fsp3) is 0.400. The molecule has 0 saturated carbocycles. The Morgan fingerprint density at radius 1 is 1.15 bits per heavy atom. The summed E-state index contributed by atoms with van der Waals surface area (Å²) in [5.74, 6) is -0.290. The number of benzene rings is 1. The third-order valence-electron chi connectivity index (χ3n) is 4.89. The van der Waals surface area contributed by atoms with Crippen LogP contribution in [0.25, 0.3) is 0 Å². The molecular weight excluding hydrogens is 364 g/mol. The molecular formula is C20H24N2O2S2. The van der Waals surface area contributed by atoms with Crippen LogP contribution in [0.15, 0.2) is 18.2 Å². The number of carbonyl (C=O) groups is 1. The Labute approximate surface area is 164 Å². The summed E-state index contributed by atoms with van der Waals surface area (Å²) < 4.78 is 5.04. The van der Waals surface area contributed by atoms with E-state index in [1.165, 1.54) is 30.4 Å². The summed E-state index contributed by atoms with van der Waals surface area (Å²) in [5.41, 5.74) is 5.12. The minimum Gasteiger partial charge on any atom is -0.465 e. The van der Waals surface area contributed by atoms with Crippen molar-refractivity contribution in [2.75, 3.05) is 17.7 Å². The molecule has 0 saturated heterocycles. The van der Waals surface area contributed by atoms with Crippen molar-refractivity contribution < 1.29 is 9.53 Å². The van der Waals surface area contributed by atoms with Gasteiger partial charge in [-0.15, -0.1) is 11.3 Å². The minimum atomic E-state index is -0.290. The first-order valence-corrected chi connectivity index (χ1v) is 10.1. The summed E-state index contributed by atoms with van der Waals surface area (Å²) in [4.78, 5) is 13.7. The maximum atomic E-state index is 12.4. The molecule has 0 atom stereocenters. The van der Waals surface area contributed by atoms with Crippen molar-refractivity contribution in [2.45, 2.75) is 46.0 Å². The summed E-state index contributed by atoms with van der Waals surface area (Å²) in [5, 5.41) is 7.76. The minimum absolute atomic E-state index is 0.290. The van der Waals surface area contributed by atoms with Gasteiger partial charge in [0.25, 0.3) is 0 Å². The number of thiophene rings is 1. The van der Waals surface area contributed by atoms with E-state index in [-0.39, 0.29) is 5.97 Å². The van der Waals surface area contributed by atoms with Crippen LogP contribution >= 0.6 is 23.6 Å². The van der Waals surface area contributed by atoms with E-state index in [0.29, 0.717) is 10.7 Å². The Kier molecular flexibility index (Phi) is 5.94. The number of thiocarbonyl (C=S) groups is 1. The second kappa shape index (κ2) is 8.18. The summed E-state index contributed by atoms with van der Waals surface area (Å²) in [6.07, 6.45) is 5.42. The van der Waals surface area contributed by atoms with Crippen LogP contribution in [0.5, 0.6) is 0 Å². The van der Waals surface area contributed by atoms with Gasteiger partial charge in [0.15, 0.2) is 5.11 Å². The topological polar surface area (TPSA) is 50.4 Å². The van der Waals surface area contributed by atoms with Crippen LogP contribution in [0.3, 0.4) is 0 Å². The van der Waals surface area contributed by atoms with Crippen LogP contribution in [-0.2, 0) is 17.6 Å². The van der Waals surface area contributed by atoms with Gasteiger partial charge in [-0.2, -0.15) is 0 Å². The molecule has 1 heterocycles. The zero-order chi connectivity index (χ0) is 18.7. The van der Waals surface area contributed by atoms with Crippen molar-refractivity contribution in [1.82, 2.24) is 0 Å². The average Bonchev–Trinajstić information content (AvgIpc) is 2.79. The predicted octanol–water partition coefficient (Wildman–Crippen LogP) is 5.23. The van der Waals surface area contributed by atoms with Gasteiger partial charge in [-0.25, -0.2) is 4.79 Å². The Bertz CT molecular complexity index is 843. The van der Waals surface area contributed by atoms with Crippen LogP contribution in [0.2, 0.25) is 0 Å². The molecule has 0 spiro atoms. The number of fused-ring (bicyclic) bond motifs is 1. The second-order valence-corrected chi connectivity index (χ2v) is 8.10. The van der Waals surface area contributed by atoms with E-state index in [9.17, 15) is 4.79 Å². The number of carbonyl (C=O) groups excluding carboxylic acids is 1. The molecule has 0 aliphatic heterocycles. The maximum absolute atomic E-state index is 12.4. The van der Waals surface area contributed by atoms with E-state index >= 15 is 0 Å². The molecule has 138 valence electrons. The first-order valence-electron chi connectivity index (χ1n) is 8.88. The SMILES string of the molecule is COC(=O)c1c(NC(=S)Nc2cccc(C)c2C)sc2c1CCCCC2. The van der Waals surface area contributed by atoms with Gasteiger partial charge in [-0.3, -0.25) is 0 Å². The Balaban J connectivity index is 1.86. The van der Waals surface area contributed by atoms with Crippen molar-refractivity contribution in [3.63, 3.8) is 0 Å². The van der Waals surface area contributed by atoms with E-state index in [1.807, 2.05) is 12.1 Å². The molecule has 0 fully saturated rings. The first-order chi connectivity index (χ1) is 12.5. The van der Waals surface area contributed by atoms with E-state index in [2.05, 4.69) is 30.5 Å². The lowest BCUT2D eigenvalue weighted by atomic mass is 10.1. The molecule has 3 rings (SSSR count). The van der Waals surface area contributed by atoms with E-state index in [1.54, 1.807) is 11.3 Å². The summed E-state index contributed by atoms with van der Waals surface area (Å²) >= 11 is 7.13. The van der Waals surface area contributed by atoms with Crippen molar-refractivity contribution in [2.24, 2.45) is 0 Å². The highest BCUT2D eigenvalue weighted by Gasteiger charge is 2.25. The molecule has 1 aliphatic rings. The highest BCUT2D eigenvalue weighted by atomic mass is 32.1. The summed E-state index contributed by atoms with van der Waals surface area (Å²) in [7, 11) is 1.43. The third-order valence-corrected chi connectivity index (χ3v) is 6.30. The number of anilines is 2. The maximum Gasteiger partial charge on any atom is 0.341 e. The largest absolute Gasteiger partial charge is 0.465 e. The van der Waals surface area contributed by atoms with Crippen molar-refractivity contribution in [3.05, 3.63) is 45.3 Å². The molecule has 26 heavy (non-hydrogen) atoms. The molecule has 1 aromatic carbocycles. The summed E-state index contributed by atoms with van der Waals surface area (Å²) in [6, 6.07) is 6.07. The Hall–Kier alpha value is -1.92. The number of esters is 1. The lowest BCUT2D eigenvalue weighted by Crippen LogP contribution is -2.21. The van der Waals surface area contributed by atoms with Crippen molar-refractivity contribution in [1.29, 1.82) is 0 Å². The molecule has 6 heteroatoms. The van der Waals surface area contributed by atoms with E-state index < -0.39 is 0 Å². The third kappa shape index (κ3) is 3.91. The number of hydrogen-bond acceptors (Lipinski definition) is 4. The van der Waals surface area contributed by atoms with Gasteiger partial charge in [0, 0.05) is 10.6 Å². The number of methoxy groups -OCH3 is 1. The van der Waals surface area contributed by atoms with Gasteiger partial charge in [0.1, 0.15) is 5.00 Å². The molecule has 2 aromatic rings. The molecule has 1 aromatic heterocycles. The smallest absolute Gasteiger partial charge is 0.341 e. The molecule has 2 N–H and O–H groups in total. The fourth-order valence-corrected chi connectivity index (χ4v) is 4.85. The number of hydrogen-bond donors (Lipinski definition) is 2. The predicted molar refractivity (Wildman–Crippen MR) is 113 cm³/mol. The second-order valence-electron chi connectivity index (χ2n) is 6.59. The van der Waals surface area contributed by atoms with Crippen molar-refractivity contribution in [3.8, 4) is 0 Å². The molecule has 0 bridgehead atoms. The molecule has 0 radical (unpaired) electrons. The number of aryl methyl sites for hydroxylation is 2. The summed E-state index contributed by atoms with van der Waals surface area (Å²) in [6.45, 7) is 4.14. The van der Waals surface area contributed by atoms with Gasteiger partial charge in [-0.05, 0) is 74.5 Å². The standard InChI is InChI=1S/C20H24N2O2S2/c1-12-8-7-10-15(13(12)2)21-20(25)22-18-17(19(23)24-3)14-9-5-4-6-11-16(14)26-18/h7-8,10H,4-6,9,11H2,1-3H3,(H2,21,22,25). The van der Waals surface area contributed by atoms with Gasteiger partial charge in [-0.1, -0.05) is 18.6 Å². The molecule has 0 amide bonds. The van der Waals surface area contributed by atoms with E-state index in [4.69, 9.17) is 17.0 Å². The molecule has 4 nitrogen and oxygen atoms in total. The monoisotopic (exact) mass is 388 g/mol. The first kappa shape index (κ1) is 18.9. The zero-order valence-electron chi connectivity index (χ0n) is 15.4. The van der Waals surface area contributed by atoms with Crippen LogP contribution in [0, 0.1) is 13.8 Å². The van der Waals surface area contributed by atoms with E-state index in [0.717, 1.165) is 41.1 Å². The van der Waals surface area contributed by atoms with Gasteiger partial charge in [0.2, 0.25) is 0 Å². The van der Waals surface area contributed by atoms with Gasteiger partial charge >= 0.3 is 5.97 Å². The molecule has 0 unspecified atom stereocenters. The lowest BCUT2D eigenvalue weighted by molar-refractivity contribution is 0.0601. The van der Waals surface area contributed by atoms with Crippen LogP contribution < -0.4 is 10.6 Å². The van der Waals surface area contributed by atoms with Crippen LogP contribution in [-0.4, -0.2) is 18.2 Å². The highest BCUT2D eigenvalue weighted by Crippen LogP contribution is 2.38. The average molecular weight is 389 g/mol. The number of rotatable bonds is 3. The van der Waals surface area contributed by atoms with Crippen LogP contribution in [0.1, 0.15) is 51.2 Å². The highest BCUT2D eigenvalue weighted by molar-refractivity contribution is 7.80. The Morgan fingerprint density at radius 3 is 2.69 bits per heavy atom. The van der Waals surface area contributed by atoms with Gasteiger partial charge in [0.05, 0.1) is 12.7 Å². The normalized spacial score (nSPS) is 13.5.